The number of likely N-dealkylation sites (N-methyl/N-ethyl adjacent to an activating group) is 1. The van der Waals surface area contributed by atoms with Crippen LogP contribution < -0.4 is 10.2 Å². The third-order valence-corrected chi connectivity index (χ3v) is 4.66. The van der Waals surface area contributed by atoms with E-state index in [1.165, 1.54) is 12.5 Å². The van der Waals surface area contributed by atoms with Gasteiger partial charge in [-0.2, -0.15) is 0 Å². The Morgan fingerprint density at radius 3 is 2.60 bits per heavy atom. The molecule has 1 saturated heterocycles. The summed E-state index contributed by atoms with van der Waals surface area (Å²) in [5.74, 6) is 0.0449. The van der Waals surface area contributed by atoms with Gasteiger partial charge < -0.3 is 24.6 Å². The highest BCUT2D eigenvalue weighted by Crippen LogP contribution is 2.21. The number of amides is 1. The second-order valence-corrected chi connectivity index (χ2v) is 6.41. The van der Waals surface area contributed by atoms with E-state index in [9.17, 15) is 4.79 Å². The Labute approximate surface area is 148 Å². The van der Waals surface area contributed by atoms with Gasteiger partial charge in [0.2, 0.25) is 0 Å². The number of carbonyl (C=O) groups excluding carboxylic acids is 1. The maximum atomic E-state index is 12.3. The zero-order valence-corrected chi connectivity index (χ0v) is 14.5. The number of hydrogen-bond acceptors (Lipinski definition) is 5. The molecule has 0 atom stereocenters. The van der Waals surface area contributed by atoms with Crippen molar-refractivity contribution in [2.24, 2.45) is 0 Å². The van der Waals surface area contributed by atoms with Gasteiger partial charge in [0.05, 0.1) is 18.4 Å². The minimum Gasteiger partial charge on any atom is -0.472 e. The molecule has 3 rings (SSSR count). The van der Waals surface area contributed by atoms with Gasteiger partial charge in [-0.15, -0.1) is 0 Å². The minimum absolute atomic E-state index is 0.0449. The van der Waals surface area contributed by atoms with Crippen LogP contribution in [0, 0.1) is 0 Å². The van der Waals surface area contributed by atoms with E-state index in [1.807, 2.05) is 16.8 Å². The van der Waals surface area contributed by atoms with Crippen LogP contribution in [0.3, 0.4) is 0 Å². The molecule has 1 amide bonds. The van der Waals surface area contributed by atoms with Gasteiger partial charge in [-0.25, -0.2) is 0 Å². The summed E-state index contributed by atoms with van der Waals surface area (Å²) in [5.41, 5.74) is 2.79. The summed E-state index contributed by atoms with van der Waals surface area (Å²) in [7, 11) is 1.96. The molecule has 1 aliphatic rings. The highest BCUT2D eigenvalue weighted by molar-refractivity contribution is 5.93. The molecular formula is C19H25N3O3. The normalized spacial score (nSPS) is 15.2. The van der Waals surface area contributed by atoms with Crippen molar-refractivity contribution >= 4 is 17.3 Å². The fraction of sp³-hybridized carbons (Fsp3) is 0.421. The lowest BCUT2D eigenvalue weighted by molar-refractivity contribution is 0.0718. The second kappa shape index (κ2) is 8.07. The van der Waals surface area contributed by atoms with Crippen LogP contribution in [0.25, 0.3) is 0 Å². The van der Waals surface area contributed by atoms with Crippen molar-refractivity contribution in [1.29, 1.82) is 0 Å². The summed E-state index contributed by atoms with van der Waals surface area (Å²) in [6, 6.07) is 10.3. The fourth-order valence-electron chi connectivity index (χ4n) is 3.12. The first-order valence-electron chi connectivity index (χ1n) is 8.67. The average molecular weight is 343 g/mol. The monoisotopic (exact) mass is 343 g/mol. The molecule has 0 bridgehead atoms. The summed E-state index contributed by atoms with van der Waals surface area (Å²) in [4.78, 5) is 16.2. The lowest BCUT2D eigenvalue weighted by Gasteiger charge is -2.32. The summed E-state index contributed by atoms with van der Waals surface area (Å²) in [5, 5.41) is 12.6. The molecule has 6 heteroatoms. The SMILES string of the molecule is CN(CCO)c1ccc(NC2CCN(C(=O)c3ccoc3)CC2)cc1. The zero-order chi connectivity index (χ0) is 17.6. The third kappa shape index (κ3) is 4.33. The molecule has 0 spiro atoms. The smallest absolute Gasteiger partial charge is 0.257 e. The second-order valence-electron chi connectivity index (χ2n) is 6.41. The highest BCUT2D eigenvalue weighted by Gasteiger charge is 2.24. The number of piperidine rings is 1. The summed E-state index contributed by atoms with van der Waals surface area (Å²) in [6.07, 6.45) is 4.89. The van der Waals surface area contributed by atoms with Gasteiger partial charge in [0.15, 0.2) is 0 Å². The average Bonchev–Trinajstić information content (AvgIpc) is 3.17. The number of rotatable bonds is 6. The van der Waals surface area contributed by atoms with E-state index in [4.69, 9.17) is 9.52 Å². The standard InChI is InChI=1S/C19H25N3O3/c1-21(11-12-23)18-4-2-16(3-5-18)20-17-6-9-22(10-7-17)19(24)15-8-13-25-14-15/h2-5,8,13-14,17,20,23H,6-7,9-12H2,1H3. The first-order chi connectivity index (χ1) is 12.2. The van der Waals surface area contributed by atoms with Crippen molar-refractivity contribution in [3.05, 3.63) is 48.4 Å². The van der Waals surface area contributed by atoms with Crippen LogP contribution >= 0.6 is 0 Å². The Morgan fingerprint density at radius 1 is 1.28 bits per heavy atom. The van der Waals surface area contributed by atoms with Crippen LogP contribution in [0.1, 0.15) is 23.2 Å². The summed E-state index contributed by atoms with van der Waals surface area (Å²) < 4.78 is 4.99. The number of nitrogens with zero attached hydrogens (tertiary/aromatic N) is 2. The van der Waals surface area contributed by atoms with Crippen molar-refractivity contribution in [3.63, 3.8) is 0 Å². The number of likely N-dealkylation sites (tertiary alicyclic amines) is 1. The minimum atomic E-state index is 0.0449. The maximum absolute atomic E-state index is 12.3. The van der Waals surface area contributed by atoms with Gasteiger partial charge in [-0.05, 0) is 43.2 Å². The number of nitrogens with one attached hydrogen (secondary N) is 1. The van der Waals surface area contributed by atoms with Crippen LogP contribution in [0.4, 0.5) is 11.4 Å². The van der Waals surface area contributed by atoms with Crippen molar-refractivity contribution in [3.8, 4) is 0 Å². The van der Waals surface area contributed by atoms with E-state index < -0.39 is 0 Å². The van der Waals surface area contributed by atoms with E-state index in [-0.39, 0.29) is 12.5 Å². The number of aliphatic hydroxyl groups excluding tert-OH is 1. The molecule has 2 N–H and O–H groups in total. The highest BCUT2D eigenvalue weighted by atomic mass is 16.3. The van der Waals surface area contributed by atoms with Crippen LogP contribution in [-0.4, -0.2) is 55.2 Å². The number of hydrogen-bond donors (Lipinski definition) is 2. The Bertz CT molecular complexity index is 662. The molecule has 0 aliphatic carbocycles. The maximum Gasteiger partial charge on any atom is 0.257 e. The largest absolute Gasteiger partial charge is 0.472 e. The van der Waals surface area contributed by atoms with E-state index in [2.05, 4.69) is 29.6 Å². The Hall–Kier alpha value is -2.47. The van der Waals surface area contributed by atoms with E-state index in [0.717, 1.165) is 37.3 Å². The van der Waals surface area contributed by atoms with Crippen molar-refractivity contribution < 1.29 is 14.3 Å². The molecule has 1 aromatic heterocycles. The van der Waals surface area contributed by atoms with Gasteiger partial charge in [0.1, 0.15) is 6.26 Å². The molecule has 0 radical (unpaired) electrons. The first kappa shape index (κ1) is 17.4. The predicted octanol–water partition coefficient (Wildman–Crippen LogP) is 2.42. The third-order valence-electron chi connectivity index (χ3n) is 4.66. The quantitative estimate of drug-likeness (QED) is 0.843. The summed E-state index contributed by atoms with van der Waals surface area (Å²) in [6.45, 7) is 2.26. The molecule has 1 aromatic carbocycles. The fourth-order valence-corrected chi connectivity index (χ4v) is 3.12. The molecule has 25 heavy (non-hydrogen) atoms. The number of aliphatic hydroxyl groups is 1. The molecule has 2 heterocycles. The lowest BCUT2D eigenvalue weighted by Crippen LogP contribution is -2.42. The Kier molecular flexibility index (Phi) is 5.60. The van der Waals surface area contributed by atoms with Gasteiger partial charge >= 0.3 is 0 Å². The number of carbonyl (C=O) groups is 1. The van der Waals surface area contributed by atoms with Gasteiger partial charge in [0.25, 0.3) is 5.91 Å². The zero-order valence-electron chi connectivity index (χ0n) is 14.5. The van der Waals surface area contributed by atoms with Crippen molar-refractivity contribution in [1.82, 2.24) is 4.90 Å². The van der Waals surface area contributed by atoms with Crippen LogP contribution in [0.5, 0.6) is 0 Å². The Balaban J connectivity index is 1.49. The number of furan rings is 1. The van der Waals surface area contributed by atoms with Crippen LogP contribution in [0.15, 0.2) is 47.3 Å². The molecule has 0 saturated carbocycles. The molecule has 2 aromatic rings. The van der Waals surface area contributed by atoms with Gasteiger partial charge in [-0.3, -0.25) is 4.79 Å². The van der Waals surface area contributed by atoms with E-state index in [0.29, 0.717) is 18.2 Å². The number of anilines is 2. The molecule has 0 unspecified atom stereocenters. The molecule has 6 nitrogen and oxygen atoms in total. The predicted molar refractivity (Wildman–Crippen MR) is 98.1 cm³/mol. The molecule has 1 fully saturated rings. The summed E-state index contributed by atoms with van der Waals surface area (Å²) >= 11 is 0. The van der Waals surface area contributed by atoms with E-state index >= 15 is 0 Å². The van der Waals surface area contributed by atoms with Gasteiger partial charge in [0, 0.05) is 44.1 Å². The van der Waals surface area contributed by atoms with Gasteiger partial charge in [-0.1, -0.05) is 0 Å². The molecule has 134 valence electrons. The molecule has 1 aliphatic heterocycles. The Morgan fingerprint density at radius 2 is 2.00 bits per heavy atom. The van der Waals surface area contributed by atoms with Crippen molar-refractivity contribution in [2.45, 2.75) is 18.9 Å². The molecular weight excluding hydrogens is 318 g/mol. The van der Waals surface area contributed by atoms with Crippen LogP contribution in [-0.2, 0) is 0 Å². The first-order valence-corrected chi connectivity index (χ1v) is 8.67. The van der Waals surface area contributed by atoms with Crippen LogP contribution in [0.2, 0.25) is 0 Å². The lowest BCUT2D eigenvalue weighted by atomic mass is 10.0. The number of benzene rings is 1. The topological polar surface area (TPSA) is 69.0 Å². The van der Waals surface area contributed by atoms with E-state index in [1.54, 1.807) is 6.07 Å². The van der Waals surface area contributed by atoms with Crippen molar-refractivity contribution in [2.75, 3.05) is 43.5 Å².